The Labute approximate surface area is 147 Å². The Kier molecular flexibility index (Phi) is 7.09. The molecule has 0 spiro atoms. The number of carbonyl (C=O) groups is 1. The Morgan fingerprint density at radius 1 is 1.38 bits per heavy atom. The molecule has 1 aromatic rings. The first-order chi connectivity index (χ1) is 11.6. The molecule has 0 saturated heterocycles. The Morgan fingerprint density at radius 3 is 2.67 bits per heavy atom. The van der Waals surface area contributed by atoms with Crippen molar-refractivity contribution in [1.82, 2.24) is 5.32 Å². The van der Waals surface area contributed by atoms with Gasteiger partial charge in [0, 0.05) is 37.1 Å². The second kappa shape index (κ2) is 9.06. The lowest BCUT2D eigenvalue weighted by Gasteiger charge is -2.37. The molecule has 1 aliphatic heterocycles. The van der Waals surface area contributed by atoms with E-state index >= 15 is 0 Å². The predicted octanol–water partition coefficient (Wildman–Crippen LogP) is 2.84. The van der Waals surface area contributed by atoms with Crippen molar-refractivity contribution < 1.29 is 19.4 Å². The Hall–Kier alpha value is -1.56. The standard InChI is InChI=1S/C18H24ClNO4/c1-3-23-18-14(5-4-10-21)15(11-16(24-18)17(22)20-2)12-6-8-13(19)9-7-12/h6-9,11,14-15,18,21H,3-5,10H2,1-2H3,(H,20,22)/t14-,15+,18+/m1/s1. The van der Waals surface area contributed by atoms with E-state index in [0.717, 1.165) is 12.0 Å². The van der Waals surface area contributed by atoms with Crippen molar-refractivity contribution in [3.05, 3.63) is 46.7 Å². The quantitative estimate of drug-likeness (QED) is 0.791. The van der Waals surface area contributed by atoms with E-state index in [-0.39, 0.29) is 30.1 Å². The number of carbonyl (C=O) groups excluding carboxylic acids is 1. The molecule has 1 aliphatic rings. The lowest BCUT2D eigenvalue weighted by molar-refractivity contribution is -0.166. The predicted molar refractivity (Wildman–Crippen MR) is 92.7 cm³/mol. The highest BCUT2D eigenvalue weighted by Crippen LogP contribution is 2.39. The fraction of sp³-hybridized carbons (Fsp3) is 0.500. The Balaban J connectivity index is 2.39. The maximum Gasteiger partial charge on any atom is 0.285 e. The van der Waals surface area contributed by atoms with Gasteiger partial charge >= 0.3 is 0 Å². The Morgan fingerprint density at radius 2 is 2.08 bits per heavy atom. The molecule has 24 heavy (non-hydrogen) atoms. The van der Waals surface area contributed by atoms with Gasteiger partial charge in [-0.05, 0) is 43.5 Å². The van der Waals surface area contributed by atoms with E-state index in [9.17, 15) is 9.90 Å². The van der Waals surface area contributed by atoms with Crippen molar-refractivity contribution in [2.45, 2.75) is 32.0 Å². The molecule has 132 valence electrons. The van der Waals surface area contributed by atoms with E-state index in [1.165, 1.54) is 0 Å². The van der Waals surface area contributed by atoms with E-state index in [0.29, 0.717) is 18.1 Å². The second-order valence-electron chi connectivity index (χ2n) is 5.66. The summed E-state index contributed by atoms with van der Waals surface area (Å²) in [4.78, 5) is 12.0. The monoisotopic (exact) mass is 353 g/mol. The highest BCUT2D eigenvalue weighted by Gasteiger charge is 2.37. The first-order valence-corrected chi connectivity index (χ1v) is 8.57. The van der Waals surface area contributed by atoms with Crippen LogP contribution in [0.25, 0.3) is 0 Å². The molecule has 0 aromatic heterocycles. The molecule has 2 rings (SSSR count). The summed E-state index contributed by atoms with van der Waals surface area (Å²) in [5, 5.41) is 12.5. The number of allylic oxidation sites excluding steroid dienone is 1. The van der Waals surface area contributed by atoms with Gasteiger partial charge in [-0.1, -0.05) is 23.7 Å². The number of halogens is 1. The summed E-state index contributed by atoms with van der Waals surface area (Å²) in [6.07, 6.45) is 2.68. The smallest absolute Gasteiger partial charge is 0.285 e. The molecule has 1 aromatic carbocycles. The highest BCUT2D eigenvalue weighted by atomic mass is 35.5. The van der Waals surface area contributed by atoms with Gasteiger partial charge in [-0.15, -0.1) is 0 Å². The lowest BCUT2D eigenvalue weighted by atomic mass is 9.80. The molecule has 0 fully saturated rings. The molecular weight excluding hydrogens is 330 g/mol. The van der Waals surface area contributed by atoms with Gasteiger partial charge in [-0.25, -0.2) is 0 Å². The first-order valence-electron chi connectivity index (χ1n) is 8.19. The molecule has 0 radical (unpaired) electrons. The number of hydrogen-bond acceptors (Lipinski definition) is 4. The minimum Gasteiger partial charge on any atom is -0.459 e. The largest absolute Gasteiger partial charge is 0.459 e. The van der Waals surface area contributed by atoms with Crippen LogP contribution in [0, 0.1) is 5.92 Å². The molecular formula is C18H24ClNO4. The molecule has 0 unspecified atom stereocenters. The summed E-state index contributed by atoms with van der Waals surface area (Å²) in [5.74, 6) is -0.0616. The fourth-order valence-corrected chi connectivity index (χ4v) is 3.08. The van der Waals surface area contributed by atoms with Gasteiger partial charge in [-0.2, -0.15) is 0 Å². The number of rotatable bonds is 7. The van der Waals surface area contributed by atoms with Gasteiger partial charge in [0.2, 0.25) is 6.29 Å². The van der Waals surface area contributed by atoms with Crippen LogP contribution in [0.1, 0.15) is 31.2 Å². The van der Waals surface area contributed by atoms with Crippen molar-refractivity contribution in [1.29, 1.82) is 0 Å². The zero-order valence-electron chi connectivity index (χ0n) is 14.0. The average Bonchev–Trinajstić information content (AvgIpc) is 2.60. The molecule has 6 heteroatoms. The summed E-state index contributed by atoms with van der Waals surface area (Å²) >= 11 is 5.99. The van der Waals surface area contributed by atoms with Gasteiger partial charge in [0.05, 0.1) is 0 Å². The molecule has 2 N–H and O–H groups in total. The maximum absolute atomic E-state index is 12.0. The van der Waals surface area contributed by atoms with E-state index in [1.54, 1.807) is 7.05 Å². The molecule has 1 amide bonds. The van der Waals surface area contributed by atoms with Gasteiger partial charge in [0.15, 0.2) is 5.76 Å². The van der Waals surface area contributed by atoms with Crippen LogP contribution in [0.2, 0.25) is 5.02 Å². The van der Waals surface area contributed by atoms with Crippen LogP contribution in [-0.4, -0.2) is 37.6 Å². The summed E-state index contributed by atoms with van der Waals surface area (Å²) in [6.45, 7) is 2.48. The number of nitrogens with one attached hydrogen (secondary N) is 1. The van der Waals surface area contributed by atoms with Crippen molar-refractivity contribution in [2.75, 3.05) is 20.3 Å². The van der Waals surface area contributed by atoms with E-state index in [1.807, 2.05) is 37.3 Å². The van der Waals surface area contributed by atoms with E-state index < -0.39 is 6.29 Å². The Bertz CT molecular complexity index is 573. The van der Waals surface area contributed by atoms with E-state index in [2.05, 4.69) is 5.32 Å². The van der Waals surface area contributed by atoms with Crippen LogP contribution in [-0.2, 0) is 14.3 Å². The van der Waals surface area contributed by atoms with Crippen molar-refractivity contribution >= 4 is 17.5 Å². The number of ether oxygens (including phenoxy) is 2. The molecule has 0 aliphatic carbocycles. The molecule has 0 saturated carbocycles. The average molecular weight is 354 g/mol. The summed E-state index contributed by atoms with van der Waals surface area (Å²) < 4.78 is 11.5. The molecule has 0 bridgehead atoms. The van der Waals surface area contributed by atoms with Crippen LogP contribution in [0.15, 0.2) is 36.1 Å². The van der Waals surface area contributed by atoms with Crippen LogP contribution in [0.4, 0.5) is 0 Å². The van der Waals surface area contributed by atoms with Crippen LogP contribution < -0.4 is 5.32 Å². The van der Waals surface area contributed by atoms with Gasteiger partial charge in [0.25, 0.3) is 5.91 Å². The fourth-order valence-electron chi connectivity index (χ4n) is 2.95. The third-order valence-electron chi connectivity index (χ3n) is 4.12. The van der Waals surface area contributed by atoms with Crippen molar-refractivity contribution in [2.24, 2.45) is 5.92 Å². The van der Waals surface area contributed by atoms with Crippen molar-refractivity contribution in [3.8, 4) is 0 Å². The molecule has 5 nitrogen and oxygen atoms in total. The third-order valence-corrected chi connectivity index (χ3v) is 4.37. The second-order valence-corrected chi connectivity index (χ2v) is 6.10. The summed E-state index contributed by atoms with van der Waals surface area (Å²) in [5.41, 5.74) is 1.04. The van der Waals surface area contributed by atoms with Crippen LogP contribution in [0.5, 0.6) is 0 Å². The number of hydrogen-bond donors (Lipinski definition) is 2. The highest BCUT2D eigenvalue weighted by molar-refractivity contribution is 6.30. The molecule has 3 atom stereocenters. The number of aliphatic hydroxyl groups excluding tert-OH is 1. The van der Waals surface area contributed by atoms with Crippen LogP contribution in [0.3, 0.4) is 0 Å². The zero-order chi connectivity index (χ0) is 17.5. The lowest BCUT2D eigenvalue weighted by Crippen LogP contribution is -2.38. The minimum absolute atomic E-state index is 0.00619. The van der Waals surface area contributed by atoms with Crippen LogP contribution >= 0.6 is 11.6 Å². The van der Waals surface area contributed by atoms with E-state index in [4.69, 9.17) is 21.1 Å². The summed E-state index contributed by atoms with van der Waals surface area (Å²) in [7, 11) is 1.57. The maximum atomic E-state index is 12.0. The number of amides is 1. The SMILES string of the molecule is CCO[C@H]1OC(C(=O)NC)=C[C@@H](c2ccc(Cl)cc2)[C@H]1CCCO. The summed E-state index contributed by atoms with van der Waals surface area (Å²) in [6, 6.07) is 7.56. The van der Waals surface area contributed by atoms with Gasteiger partial charge < -0.3 is 19.9 Å². The zero-order valence-corrected chi connectivity index (χ0v) is 14.8. The number of aliphatic hydroxyl groups is 1. The third kappa shape index (κ3) is 4.50. The van der Waals surface area contributed by atoms with Gasteiger partial charge in [-0.3, -0.25) is 4.79 Å². The first kappa shape index (κ1) is 18.8. The minimum atomic E-state index is -0.528. The van der Waals surface area contributed by atoms with Crippen molar-refractivity contribution in [3.63, 3.8) is 0 Å². The molecule has 1 heterocycles. The van der Waals surface area contributed by atoms with Gasteiger partial charge in [0.1, 0.15) is 0 Å². The topological polar surface area (TPSA) is 67.8 Å². The normalized spacial score (nSPS) is 23.3. The number of likely N-dealkylation sites (N-methyl/N-ethyl adjacent to an activating group) is 1. The number of benzene rings is 1.